The molecule has 2 N–H and O–H groups in total. The highest BCUT2D eigenvalue weighted by atomic mass is 16.3. The summed E-state index contributed by atoms with van der Waals surface area (Å²) in [5.41, 5.74) is 2.49. The van der Waals surface area contributed by atoms with E-state index in [1.165, 1.54) is 30.4 Å². The zero-order valence-electron chi connectivity index (χ0n) is 13.8. The number of aryl methyl sites for hydroxylation is 1. The van der Waals surface area contributed by atoms with Gasteiger partial charge in [0.25, 0.3) is 0 Å². The lowest BCUT2D eigenvalue weighted by Gasteiger charge is -2.53. The monoisotopic (exact) mass is 300 g/mol. The molecule has 3 aliphatic carbocycles. The highest BCUT2D eigenvalue weighted by Crippen LogP contribution is 2.64. The maximum Gasteiger partial charge on any atom is 0.115 e. The third-order valence-corrected chi connectivity index (χ3v) is 7.62. The first-order valence-electron chi connectivity index (χ1n) is 9.03. The molecule has 1 aromatic carbocycles. The number of phenolic OH excluding ortho intramolecular Hbond substituents is 1. The van der Waals surface area contributed by atoms with E-state index < -0.39 is 5.60 Å². The molecule has 2 fully saturated rings. The van der Waals surface area contributed by atoms with Gasteiger partial charge in [0.15, 0.2) is 0 Å². The summed E-state index contributed by atoms with van der Waals surface area (Å²) in [6, 6.07) is 5.98. The van der Waals surface area contributed by atoms with E-state index in [9.17, 15) is 10.2 Å². The molecule has 0 radical (unpaired) electrons. The number of aromatic hydroxyl groups is 1. The predicted molar refractivity (Wildman–Crippen MR) is 88.0 cm³/mol. The van der Waals surface area contributed by atoms with Crippen LogP contribution >= 0.6 is 0 Å². The topological polar surface area (TPSA) is 40.5 Å². The maximum atomic E-state index is 11.1. The van der Waals surface area contributed by atoms with Gasteiger partial charge in [0.05, 0.1) is 5.60 Å². The Morgan fingerprint density at radius 2 is 2.00 bits per heavy atom. The molecule has 22 heavy (non-hydrogen) atoms. The smallest absolute Gasteiger partial charge is 0.115 e. The van der Waals surface area contributed by atoms with Crippen LogP contribution in [-0.2, 0) is 6.42 Å². The summed E-state index contributed by atoms with van der Waals surface area (Å²) in [5, 5.41) is 20.9. The van der Waals surface area contributed by atoms with Crippen LogP contribution < -0.4 is 0 Å². The second kappa shape index (κ2) is 4.74. The summed E-state index contributed by atoms with van der Waals surface area (Å²) in [6.45, 7) is 4.51. The standard InChI is InChI=1S/C20H28O2/c1-3-20(22)11-9-18-17-6-4-13-12-14(21)5-7-15(13)16(17)8-10-19(18,20)2/h5,7,12,16-18,21-22H,3-4,6,8-11H2,1-2H3/t16-,17+,18-,19-,20-/m0/s1. The highest BCUT2D eigenvalue weighted by molar-refractivity contribution is 5.40. The minimum absolute atomic E-state index is 0.108. The highest BCUT2D eigenvalue weighted by Gasteiger charge is 2.60. The van der Waals surface area contributed by atoms with Crippen LogP contribution in [0.3, 0.4) is 0 Å². The van der Waals surface area contributed by atoms with Crippen LogP contribution in [0.1, 0.15) is 69.4 Å². The molecule has 2 nitrogen and oxygen atoms in total. The Kier molecular flexibility index (Phi) is 3.14. The van der Waals surface area contributed by atoms with E-state index in [2.05, 4.69) is 19.9 Å². The van der Waals surface area contributed by atoms with Crippen molar-refractivity contribution in [1.82, 2.24) is 0 Å². The first kappa shape index (κ1) is 14.6. The molecule has 0 unspecified atom stereocenters. The largest absolute Gasteiger partial charge is 0.508 e. The molecular formula is C20H28O2. The number of aliphatic hydroxyl groups is 1. The van der Waals surface area contributed by atoms with Crippen molar-refractivity contribution in [3.05, 3.63) is 29.3 Å². The van der Waals surface area contributed by atoms with E-state index in [0.717, 1.165) is 31.6 Å². The number of benzene rings is 1. The molecule has 0 bridgehead atoms. The lowest BCUT2D eigenvalue weighted by molar-refractivity contribution is -0.104. The zero-order valence-corrected chi connectivity index (χ0v) is 13.8. The van der Waals surface area contributed by atoms with Gasteiger partial charge >= 0.3 is 0 Å². The van der Waals surface area contributed by atoms with E-state index >= 15 is 0 Å². The molecular weight excluding hydrogens is 272 g/mol. The van der Waals surface area contributed by atoms with Gasteiger partial charge in [0, 0.05) is 0 Å². The number of phenols is 1. The van der Waals surface area contributed by atoms with Crippen LogP contribution in [0.25, 0.3) is 0 Å². The Morgan fingerprint density at radius 1 is 1.18 bits per heavy atom. The summed E-state index contributed by atoms with van der Waals surface area (Å²) in [6.07, 6.45) is 7.71. The molecule has 0 saturated heterocycles. The fourth-order valence-corrected chi connectivity index (χ4v) is 6.26. The van der Waals surface area contributed by atoms with Gasteiger partial charge in [0.1, 0.15) is 5.75 Å². The SMILES string of the molecule is CC[C@]1(O)CC[C@H]2[C@@H]3CCc4cc(O)ccc4[C@@H]3CC[C@@]21C. The maximum absolute atomic E-state index is 11.1. The third kappa shape index (κ3) is 1.76. The van der Waals surface area contributed by atoms with Crippen LogP contribution in [0.2, 0.25) is 0 Å². The number of hydrogen-bond acceptors (Lipinski definition) is 2. The van der Waals surface area contributed by atoms with Gasteiger partial charge in [-0.1, -0.05) is 19.9 Å². The molecule has 0 heterocycles. The fraction of sp³-hybridized carbons (Fsp3) is 0.700. The molecule has 5 atom stereocenters. The molecule has 2 saturated carbocycles. The molecule has 3 aliphatic rings. The quantitative estimate of drug-likeness (QED) is 0.807. The van der Waals surface area contributed by atoms with Crippen molar-refractivity contribution < 1.29 is 10.2 Å². The summed E-state index contributed by atoms with van der Waals surface area (Å²) < 4.78 is 0. The van der Waals surface area contributed by atoms with Crippen molar-refractivity contribution in [1.29, 1.82) is 0 Å². The van der Waals surface area contributed by atoms with Gasteiger partial charge in [0.2, 0.25) is 0 Å². The molecule has 0 aromatic heterocycles. The van der Waals surface area contributed by atoms with Crippen molar-refractivity contribution in [3.63, 3.8) is 0 Å². The first-order chi connectivity index (χ1) is 10.5. The van der Waals surface area contributed by atoms with E-state index in [1.807, 2.05) is 12.1 Å². The van der Waals surface area contributed by atoms with Crippen LogP contribution in [0.5, 0.6) is 5.75 Å². The molecule has 1 aromatic rings. The summed E-state index contributed by atoms with van der Waals surface area (Å²) in [7, 11) is 0. The van der Waals surface area contributed by atoms with Crippen molar-refractivity contribution in [3.8, 4) is 5.75 Å². The van der Waals surface area contributed by atoms with Crippen LogP contribution in [0.15, 0.2) is 18.2 Å². The van der Waals surface area contributed by atoms with Crippen LogP contribution in [0.4, 0.5) is 0 Å². The first-order valence-corrected chi connectivity index (χ1v) is 9.03. The minimum Gasteiger partial charge on any atom is -0.508 e. The molecule has 0 amide bonds. The molecule has 0 aliphatic heterocycles. The normalized spacial score (nSPS) is 43.3. The second-order valence-corrected chi connectivity index (χ2v) is 8.18. The molecule has 4 rings (SSSR count). The Morgan fingerprint density at radius 3 is 2.77 bits per heavy atom. The zero-order chi connectivity index (χ0) is 15.5. The summed E-state index contributed by atoms with van der Waals surface area (Å²) in [5.74, 6) is 2.43. The number of hydrogen-bond donors (Lipinski definition) is 2. The van der Waals surface area contributed by atoms with Crippen molar-refractivity contribution >= 4 is 0 Å². The predicted octanol–water partition coefficient (Wildman–Crippen LogP) is 4.39. The van der Waals surface area contributed by atoms with Gasteiger partial charge in [-0.2, -0.15) is 0 Å². The van der Waals surface area contributed by atoms with Gasteiger partial charge in [-0.15, -0.1) is 0 Å². The van der Waals surface area contributed by atoms with Gasteiger partial charge < -0.3 is 10.2 Å². The Balaban J connectivity index is 1.70. The van der Waals surface area contributed by atoms with Crippen molar-refractivity contribution in [2.75, 3.05) is 0 Å². The van der Waals surface area contributed by atoms with Crippen LogP contribution in [0, 0.1) is 17.3 Å². The average Bonchev–Trinajstić information content (AvgIpc) is 2.79. The fourth-order valence-electron chi connectivity index (χ4n) is 6.26. The van der Waals surface area contributed by atoms with E-state index in [1.54, 1.807) is 0 Å². The van der Waals surface area contributed by atoms with E-state index in [0.29, 0.717) is 17.6 Å². The van der Waals surface area contributed by atoms with E-state index in [-0.39, 0.29) is 5.41 Å². The average molecular weight is 300 g/mol. The second-order valence-electron chi connectivity index (χ2n) is 8.18. The molecule has 0 spiro atoms. The lowest BCUT2D eigenvalue weighted by atomic mass is 9.53. The Hall–Kier alpha value is -1.02. The molecule has 120 valence electrons. The molecule has 2 heteroatoms. The van der Waals surface area contributed by atoms with Crippen molar-refractivity contribution in [2.24, 2.45) is 17.3 Å². The van der Waals surface area contributed by atoms with Gasteiger partial charge in [-0.25, -0.2) is 0 Å². The minimum atomic E-state index is -0.447. The Labute approximate surface area is 133 Å². The number of rotatable bonds is 1. The summed E-state index contributed by atoms with van der Waals surface area (Å²) >= 11 is 0. The number of fused-ring (bicyclic) bond motifs is 5. The lowest BCUT2D eigenvalue weighted by Crippen LogP contribution is -2.50. The van der Waals surface area contributed by atoms with E-state index in [4.69, 9.17) is 0 Å². The van der Waals surface area contributed by atoms with Gasteiger partial charge in [-0.3, -0.25) is 0 Å². The van der Waals surface area contributed by atoms with Crippen LogP contribution in [-0.4, -0.2) is 15.8 Å². The van der Waals surface area contributed by atoms with Crippen molar-refractivity contribution in [2.45, 2.75) is 70.3 Å². The van der Waals surface area contributed by atoms with Gasteiger partial charge in [-0.05, 0) is 91.4 Å². The Bertz CT molecular complexity index is 595. The summed E-state index contributed by atoms with van der Waals surface area (Å²) in [4.78, 5) is 0. The third-order valence-electron chi connectivity index (χ3n) is 7.62.